The van der Waals surface area contributed by atoms with Gasteiger partial charge in [0.2, 0.25) is 0 Å². The van der Waals surface area contributed by atoms with Gasteiger partial charge in [-0.15, -0.1) is 0 Å². The van der Waals surface area contributed by atoms with Gasteiger partial charge in [0.25, 0.3) is 5.91 Å². The lowest BCUT2D eigenvalue weighted by Crippen LogP contribution is -2.30. The standard InChI is InChI=1S/C21H22N2O3S/c1-4-12-27-21-22-19(13-15-8-10-17(25-2)11-9-15)20(24)23(21)16-6-5-7-18(14-16)26-3/h5-11,13-14H,4,12H2,1-3H3. The van der Waals surface area contributed by atoms with E-state index in [1.165, 1.54) is 0 Å². The third-order valence-corrected chi connectivity index (χ3v) is 5.14. The van der Waals surface area contributed by atoms with E-state index in [0.717, 1.165) is 29.2 Å². The van der Waals surface area contributed by atoms with Crippen LogP contribution in [0.15, 0.2) is 59.2 Å². The summed E-state index contributed by atoms with van der Waals surface area (Å²) < 4.78 is 10.5. The SMILES string of the molecule is CCCSC1=NC(=Cc2ccc(OC)cc2)C(=O)N1c1cccc(OC)c1. The van der Waals surface area contributed by atoms with Crippen molar-refractivity contribution in [1.82, 2.24) is 0 Å². The zero-order valence-electron chi connectivity index (χ0n) is 15.6. The molecule has 0 atom stereocenters. The Bertz CT molecular complexity index is 875. The summed E-state index contributed by atoms with van der Waals surface area (Å²) >= 11 is 1.58. The Morgan fingerprint density at radius 3 is 2.48 bits per heavy atom. The number of methoxy groups -OCH3 is 2. The molecule has 0 fully saturated rings. The molecular weight excluding hydrogens is 360 g/mol. The minimum Gasteiger partial charge on any atom is -0.497 e. The summed E-state index contributed by atoms with van der Waals surface area (Å²) in [6, 6.07) is 15.0. The summed E-state index contributed by atoms with van der Waals surface area (Å²) in [4.78, 5) is 19.3. The number of hydrogen-bond donors (Lipinski definition) is 0. The highest BCUT2D eigenvalue weighted by Gasteiger charge is 2.32. The van der Waals surface area contributed by atoms with Gasteiger partial charge >= 0.3 is 0 Å². The minimum atomic E-state index is -0.141. The number of rotatable bonds is 6. The Kier molecular flexibility index (Phi) is 6.19. The van der Waals surface area contributed by atoms with Crippen molar-refractivity contribution in [3.8, 4) is 11.5 Å². The van der Waals surface area contributed by atoms with Crippen LogP contribution < -0.4 is 14.4 Å². The fourth-order valence-corrected chi connectivity index (χ4v) is 3.49. The molecule has 0 saturated heterocycles. The molecule has 6 heteroatoms. The van der Waals surface area contributed by atoms with Crippen LogP contribution >= 0.6 is 11.8 Å². The summed E-state index contributed by atoms with van der Waals surface area (Å²) in [5.41, 5.74) is 2.07. The molecule has 0 unspecified atom stereocenters. The van der Waals surface area contributed by atoms with Gasteiger partial charge in [-0.05, 0) is 42.3 Å². The molecule has 5 nitrogen and oxygen atoms in total. The van der Waals surface area contributed by atoms with Crippen molar-refractivity contribution in [3.05, 3.63) is 59.8 Å². The van der Waals surface area contributed by atoms with Crippen LogP contribution in [0.4, 0.5) is 5.69 Å². The maximum absolute atomic E-state index is 13.1. The van der Waals surface area contributed by atoms with E-state index in [0.29, 0.717) is 16.6 Å². The third-order valence-electron chi connectivity index (χ3n) is 4.00. The van der Waals surface area contributed by atoms with Gasteiger partial charge in [0.1, 0.15) is 17.2 Å². The number of ether oxygens (including phenoxy) is 2. The van der Waals surface area contributed by atoms with Crippen molar-refractivity contribution in [2.45, 2.75) is 13.3 Å². The van der Waals surface area contributed by atoms with Crippen molar-refractivity contribution in [2.24, 2.45) is 4.99 Å². The monoisotopic (exact) mass is 382 g/mol. The molecule has 0 spiro atoms. The minimum absolute atomic E-state index is 0.141. The van der Waals surface area contributed by atoms with E-state index in [9.17, 15) is 4.79 Å². The van der Waals surface area contributed by atoms with Gasteiger partial charge in [0.05, 0.1) is 19.9 Å². The third kappa shape index (κ3) is 4.34. The molecule has 1 aliphatic heterocycles. The Morgan fingerprint density at radius 2 is 1.81 bits per heavy atom. The number of aliphatic imine (C=N–C) groups is 1. The van der Waals surface area contributed by atoms with Gasteiger partial charge < -0.3 is 9.47 Å². The molecule has 0 aliphatic carbocycles. The van der Waals surface area contributed by atoms with Crippen LogP contribution in [0.25, 0.3) is 6.08 Å². The van der Waals surface area contributed by atoms with E-state index in [4.69, 9.17) is 9.47 Å². The normalized spacial score (nSPS) is 15.2. The molecule has 0 saturated carbocycles. The van der Waals surface area contributed by atoms with Gasteiger partial charge in [-0.2, -0.15) is 0 Å². The molecule has 2 aromatic rings. The van der Waals surface area contributed by atoms with E-state index in [1.54, 1.807) is 37.0 Å². The largest absolute Gasteiger partial charge is 0.497 e. The van der Waals surface area contributed by atoms with E-state index < -0.39 is 0 Å². The maximum atomic E-state index is 13.1. The van der Waals surface area contributed by atoms with Crippen molar-refractivity contribution in [1.29, 1.82) is 0 Å². The molecule has 2 aromatic carbocycles. The number of nitrogens with zero attached hydrogens (tertiary/aromatic N) is 2. The number of carbonyl (C=O) groups is 1. The molecule has 140 valence electrons. The maximum Gasteiger partial charge on any atom is 0.283 e. The average Bonchev–Trinajstić information content (AvgIpc) is 3.02. The molecule has 0 bridgehead atoms. The molecule has 0 N–H and O–H groups in total. The first kappa shape index (κ1) is 19.0. The zero-order valence-corrected chi connectivity index (χ0v) is 16.5. The van der Waals surface area contributed by atoms with Crippen LogP contribution in [0, 0.1) is 0 Å². The number of amidine groups is 1. The highest BCUT2D eigenvalue weighted by Crippen LogP contribution is 2.31. The van der Waals surface area contributed by atoms with E-state index in [-0.39, 0.29) is 5.91 Å². The van der Waals surface area contributed by atoms with Crippen molar-refractivity contribution >= 4 is 34.6 Å². The number of carbonyl (C=O) groups excluding carboxylic acids is 1. The second-order valence-electron chi connectivity index (χ2n) is 5.89. The topological polar surface area (TPSA) is 51.1 Å². The zero-order chi connectivity index (χ0) is 19.2. The second kappa shape index (κ2) is 8.77. The summed E-state index contributed by atoms with van der Waals surface area (Å²) in [7, 11) is 3.24. The summed E-state index contributed by atoms with van der Waals surface area (Å²) in [5.74, 6) is 2.23. The highest BCUT2D eigenvalue weighted by molar-refractivity contribution is 8.14. The van der Waals surface area contributed by atoms with Gasteiger partial charge in [-0.1, -0.05) is 36.9 Å². The quantitative estimate of drug-likeness (QED) is 0.686. The van der Waals surface area contributed by atoms with Gasteiger partial charge in [0, 0.05) is 11.8 Å². The van der Waals surface area contributed by atoms with Crippen LogP contribution in [0.1, 0.15) is 18.9 Å². The first-order valence-corrected chi connectivity index (χ1v) is 9.70. The second-order valence-corrected chi connectivity index (χ2v) is 6.95. The summed E-state index contributed by atoms with van der Waals surface area (Å²) in [6.45, 7) is 2.11. The first-order chi connectivity index (χ1) is 13.2. The van der Waals surface area contributed by atoms with Crippen LogP contribution in [-0.2, 0) is 4.79 Å². The molecule has 0 aromatic heterocycles. The number of thioether (sulfide) groups is 1. The number of hydrogen-bond acceptors (Lipinski definition) is 5. The molecule has 3 rings (SSSR count). The predicted molar refractivity (Wildman–Crippen MR) is 112 cm³/mol. The fourth-order valence-electron chi connectivity index (χ4n) is 2.62. The molecule has 27 heavy (non-hydrogen) atoms. The molecular formula is C21H22N2O3S. The Morgan fingerprint density at radius 1 is 1.07 bits per heavy atom. The van der Waals surface area contributed by atoms with Crippen molar-refractivity contribution in [3.63, 3.8) is 0 Å². The Balaban J connectivity index is 1.95. The van der Waals surface area contributed by atoms with Crippen molar-refractivity contribution < 1.29 is 14.3 Å². The van der Waals surface area contributed by atoms with Gasteiger partial charge in [0.15, 0.2) is 5.17 Å². The van der Waals surface area contributed by atoms with Gasteiger partial charge in [-0.25, -0.2) is 4.99 Å². The van der Waals surface area contributed by atoms with Crippen LogP contribution in [0.3, 0.4) is 0 Å². The lowest BCUT2D eigenvalue weighted by molar-refractivity contribution is -0.113. The van der Waals surface area contributed by atoms with E-state index in [2.05, 4.69) is 11.9 Å². The molecule has 0 radical (unpaired) electrons. The summed E-state index contributed by atoms with van der Waals surface area (Å²) in [6.07, 6.45) is 2.80. The van der Waals surface area contributed by atoms with Crippen LogP contribution in [0.2, 0.25) is 0 Å². The van der Waals surface area contributed by atoms with E-state index in [1.807, 2.05) is 48.5 Å². The fraction of sp³-hybridized carbons (Fsp3) is 0.238. The first-order valence-electron chi connectivity index (χ1n) is 8.72. The Hall–Kier alpha value is -2.73. The number of benzene rings is 2. The number of anilines is 1. The molecule has 1 heterocycles. The van der Waals surface area contributed by atoms with E-state index >= 15 is 0 Å². The predicted octanol–water partition coefficient (Wildman–Crippen LogP) is 4.59. The molecule has 1 aliphatic rings. The van der Waals surface area contributed by atoms with Crippen molar-refractivity contribution in [2.75, 3.05) is 24.9 Å². The Labute approximate surface area is 163 Å². The van der Waals surface area contributed by atoms with Gasteiger partial charge in [-0.3, -0.25) is 9.69 Å². The molecule has 1 amide bonds. The highest BCUT2D eigenvalue weighted by atomic mass is 32.2. The van der Waals surface area contributed by atoms with Crippen LogP contribution in [0.5, 0.6) is 11.5 Å². The summed E-state index contributed by atoms with van der Waals surface area (Å²) in [5, 5.41) is 0.690. The number of amides is 1. The lowest BCUT2D eigenvalue weighted by Gasteiger charge is -2.18. The lowest BCUT2D eigenvalue weighted by atomic mass is 10.2. The smallest absolute Gasteiger partial charge is 0.283 e. The van der Waals surface area contributed by atoms with Crippen LogP contribution in [-0.4, -0.2) is 31.0 Å². The average molecular weight is 382 g/mol.